The van der Waals surface area contributed by atoms with Crippen LogP contribution in [-0.4, -0.2) is 64.7 Å². The van der Waals surface area contributed by atoms with Crippen LogP contribution in [0.2, 0.25) is 0 Å². The van der Waals surface area contributed by atoms with Crippen molar-refractivity contribution in [2.75, 3.05) is 26.2 Å². The molecule has 1 aliphatic carbocycles. The molecule has 1 amide bonds. The number of amides is 1. The second-order valence-electron chi connectivity index (χ2n) is 9.89. The molecular formula is C27H26F3N3O2. The summed E-state index contributed by atoms with van der Waals surface area (Å²) in [6.07, 6.45) is 2.61. The molecule has 2 aromatic carbocycles. The van der Waals surface area contributed by atoms with Gasteiger partial charge in [0.1, 0.15) is 30.0 Å². The van der Waals surface area contributed by atoms with Gasteiger partial charge in [0.05, 0.1) is 12.1 Å². The Kier molecular flexibility index (Phi) is 5.53. The number of hydrogen-bond acceptors (Lipinski definition) is 4. The first kappa shape index (κ1) is 22.5. The summed E-state index contributed by atoms with van der Waals surface area (Å²) in [7, 11) is 0. The summed E-state index contributed by atoms with van der Waals surface area (Å²) < 4.78 is 51.2. The van der Waals surface area contributed by atoms with Gasteiger partial charge in [0.25, 0.3) is 0 Å². The number of fused-ring (bicyclic) bond motifs is 1. The minimum absolute atomic E-state index is 0.00364. The van der Waals surface area contributed by atoms with Gasteiger partial charge in [-0.05, 0) is 54.7 Å². The summed E-state index contributed by atoms with van der Waals surface area (Å²) >= 11 is 0. The summed E-state index contributed by atoms with van der Waals surface area (Å²) in [5.41, 5.74) is 0.748. The fourth-order valence-corrected chi connectivity index (χ4v) is 5.29. The van der Waals surface area contributed by atoms with Crippen LogP contribution in [0.25, 0.3) is 22.0 Å². The SMILES string of the molecule is O=C1CO[C@@]2(CCN(Cc3c(F)cc(-c4ccc5cccnc5c4)cc3F)C[C@@H]2F)CN1C1CC1. The fraction of sp³-hybridized carbons (Fsp3) is 0.407. The van der Waals surface area contributed by atoms with E-state index < -0.39 is 23.4 Å². The van der Waals surface area contributed by atoms with Crippen LogP contribution in [-0.2, 0) is 16.1 Å². The first-order valence-corrected chi connectivity index (χ1v) is 12.0. The summed E-state index contributed by atoms with van der Waals surface area (Å²) in [5, 5.41) is 0.948. The standard InChI is InChI=1S/C27H26F3N3O2/c28-22-10-19(18-4-3-17-2-1-8-31-24(17)12-18)11-23(29)21(22)13-32-9-7-27(25(30)14-32)16-33(20-5-6-20)26(34)15-35-27/h1-4,8,10-12,20,25H,5-7,9,13-16H2/t25-,27-/m0/s1. The van der Waals surface area contributed by atoms with E-state index in [0.717, 1.165) is 23.7 Å². The molecule has 0 N–H and O–H groups in total. The molecule has 3 aliphatic rings. The number of benzene rings is 2. The molecular weight excluding hydrogens is 455 g/mol. The second kappa shape index (κ2) is 8.60. The number of ether oxygens (including phenoxy) is 1. The number of rotatable bonds is 4. The van der Waals surface area contributed by atoms with Gasteiger partial charge in [-0.25, -0.2) is 13.2 Å². The Morgan fingerprint density at radius 1 is 1.09 bits per heavy atom. The Hall–Kier alpha value is -2.97. The Balaban J connectivity index is 1.18. The number of aromatic nitrogens is 1. The van der Waals surface area contributed by atoms with Gasteiger partial charge in [-0.2, -0.15) is 0 Å². The molecule has 1 aromatic heterocycles. The van der Waals surface area contributed by atoms with Gasteiger partial charge >= 0.3 is 0 Å². The molecule has 5 nitrogen and oxygen atoms in total. The third-order valence-corrected chi connectivity index (χ3v) is 7.53. The Morgan fingerprint density at radius 3 is 2.63 bits per heavy atom. The lowest BCUT2D eigenvalue weighted by molar-refractivity contribution is -0.189. The van der Waals surface area contributed by atoms with E-state index in [-0.39, 0.29) is 43.8 Å². The van der Waals surface area contributed by atoms with Gasteiger partial charge in [0.2, 0.25) is 5.91 Å². The lowest BCUT2D eigenvalue weighted by Gasteiger charge is -2.49. The maximum absolute atomic E-state index is 15.4. The van der Waals surface area contributed by atoms with Crippen LogP contribution in [0.3, 0.4) is 0 Å². The number of pyridine rings is 1. The highest BCUT2D eigenvalue weighted by atomic mass is 19.1. The average molecular weight is 482 g/mol. The topological polar surface area (TPSA) is 45.7 Å². The summed E-state index contributed by atoms with van der Waals surface area (Å²) in [6, 6.07) is 12.1. The Labute approximate surface area is 201 Å². The van der Waals surface area contributed by atoms with Crippen molar-refractivity contribution in [2.45, 2.75) is 43.6 Å². The third kappa shape index (κ3) is 4.19. The van der Waals surface area contributed by atoms with E-state index in [1.165, 1.54) is 12.1 Å². The highest BCUT2D eigenvalue weighted by Crippen LogP contribution is 2.38. The van der Waals surface area contributed by atoms with Gasteiger partial charge in [0.15, 0.2) is 0 Å². The summed E-state index contributed by atoms with van der Waals surface area (Å²) in [5.74, 6) is -1.40. The van der Waals surface area contributed by atoms with Crippen LogP contribution in [0, 0.1) is 11.6 Å². The van der Waals surface area contributed by atoms with Crippen molar-refractivity contribution in [1.82, 2.24) is 14.8 Å². The molecule has 2 atom stereocenters. The molecule has 0 bridgehead atoms. The highest BCUT2D eigenvalue weighted by molar-refractivity contribution is 5.84. The number of likely N-dealkylation sites (tertiary alicyclic amines) is 1. The second-order valence-corrected chi connectivity index (χ2v) is 9.89. The number of alkyl halides is 1. The van der Waals surface area contributed by atoms with E-state index in [4.69, 9.17) is 4.74 Å². The smallest absolute Gasteiger partial charge is 0.248 e. The van der Waals surface area contributed by atoms with Crippen molar-refractivity contribution in [2.24, 2.45) is 0 Å². The molecule has 6 rings (SSSR count). The van der Waals surface area contributed by atoms with Gasteiger partial charge in [-0.1, -0.05) is 18.2 Å². The monoisotopic (exact) mass is 481 g/mol. The predicted molar refractivity (Wildman–Crippen MR) is 125 cm³/mol. The maximum atomic E-state index is 15.4. The van der Waals surface area contributed by atoms with Crippen LogP contribution < -0.4 is 0 Å². The molecule has 0 unspecified atom stereocenters. The largest absolute Gasteiger partial charge is 0.360 e. The van der Waals surface area contributed by atoms with E-state index in [2.05, 4.69) is 4.98 Å². The van der Waals surface area contributed by atoms with Gasteiger partial charge in [0, 0.05) is 42.8 Å². The molecule has 35 heavy (non-hydrogen) atoms. The first-order chi connectivity index (χ1) is 16.9. The lowest BCUT2D eigenvalue weighted by Crippen LogP contribution is -2.64. The van der Waals surface area contributed by atoms with Crippen LogP contribution in [0.1, 0.15) is 24.8 Å². The van der Waals surface area contributed by atoms with Crippen LogP contribution in [0.4, 0.5) is 13.2 Å². The normalized spacial score (nSPS) is 25.5. The average Bonchev–Trinajstić information content (AvgIpc) is 3.70. The van der Waals surface area contributed by atoms with Crippen molar-refractivity contribution >= 4 is 16.8 Å². The fourth-order valence-electron chi connectivity index (χ4n) is 5.29. The number of carbonyl (C=O) groups excluding carboxylic acids is 1. The van der Waals surface area contributed by atoms with E-state index in [9.17, 15) is 4.79 Å². The maximum Gasteiger partial charge on any atom is 0.248 e. The van der Waals surface area contributed by atoms with E-state index >= 15 is 13.2 Å². The third-order valence-electron chi connectivity index (χ3n) is 7.53. The van der Waals surface area contributed by atoms with Gasteiger partial charge in [-0.3, -0.25) is 14.7 Å². The van der Waals surface area contributed by atoms with E-state index in [1.54, 1.807) is 22.1 Å². The Morgan fingerprint density at radius 2 is 1.89 bits per heavy atom. The number of hydrogen-bond donors (Lipinski definition) is 0. The van der Waals surface area contributed by atoms with E-state index in [1.807, 2.05) is 24.3 Å². The van der Waals surface area contributed by atoms with Crippen molar-refractivity contribution in [3.8, 4) is 11.1 Å². The van der Waals surface area contributed by atoms with Crippen molar-refractivity contribution in [3.05, 3.63) is 65.9 Å². The number of piperidine rings is 1. The van der Waals surface area contributed by atoms with Crippen molar-refractivity contribution < 1.29 is 22.7 Å². The van der Waals surface area contributed by atoms with Crippen LogP contribution in [0.5, 0.6) is 0 Å². The summed E-state index contributed by atoms with van der Waals surface area (Å²) in [4.78, 5) is 20.0. The molecule has 1 saturated carbocycles. The highest BCUT2D eigenvalue weighted by Gasteiger charge is 2.51. The Bertz CT molecular complexity index is 1270. The van der Waals surface area contributed by atoms with Gasteiger partial charge in [-0.15, -0.1) is 0 Å². The molecule has 8 heteroatoms. The minimum Gasteiger partial charge on any atom is -0.360 e. The quantitative estimate of drug-likeness (QED) is 0.551. The molecule has 3 aromatic rings. The summed E-state index contributed by atoms with van der Waals surface area (Å²) in [6.45, 7) is 0.558. The molecule has 2 aliphatic heterocycles. The molecule has 3 fully saturated rings. The number of carbonyl (C=O) groups is 1. The zero-order valence-electron chi connectivity index (χ0n) is 19.2. The van der Waals surface area contributed by atoms with Gasteiger partial charge < -0.3 is 9.64 Å². The number of nitrogens with zero attached hydrogens (tertiary/aromatic N) is 3. The van der Waals surface area contributed by atoms with Crippen LogP contribution >= 0.6 is 0 Å². The van der Waals surface area contributed by atoms with E-state index in [0.29, 0.717) is 24.1 Å². The zero-order valence-corrected chi connectivity index (χ0v) is 19.2. The van der Waals surface area contributed by atoms with Crippen molar-refractivity contribution in [1.29, 1.82) is 0 Å². The number of halogens is 3. The number of morpholine rings is 1. The molecule has 2 saturated heterocycles. The predicted octanol–water partition coefficient (Wildman–Crippen LogP) is 4.48. The van der Waals surface area contributed by atoms with Crippen molar-refractivity contribution in [3.63, 3.8) is 0 Å². The molecule has 182 valence electrons. The zero-order chi connectivity index (χ0) is 24.2. The first-order valence-electron chi connectivity index (χ1n) is 12.0. The minimum atomic E-state index is -1.35. The molecule has 3 heterocycles. The lowest BCUT2D eigenvalue weighted by atomic mass is 9.87. The molecule has 0 radical (unpaired) electrons. The molecule has 1 spiro atoms. The van der Waals surface area contributed by atoms with Crippen LogP contribution in [0.15, 0.2) is 48.7 Å².